The van der Waals surface area contributed by atoms with E-state index in [1.54, 1.807) is 30.5 Å². The van der Waals surface area contributed by atoms with Crippen LogP contribution in [0.5, 0.6) is 5.75 Å². The molecule has 0 unspecified atom stereocenters. The Morgan fingerprint density at radius 3 is 2.68 bits per heavy atom. The summed E-state index contributed by atoms with van der Waals surface area (Å²) in [5.74, 6) is -0.863. The highest BCUT2D eigenvalue weighted by atomic mass is 16.5. The van der Waals surface area contributed by atoms with Gasteiger partial charge in [-0.3, -0.25) is 14.6 Å². The summed E-state index contributed by atoms with van der Waals surface area (Å²) in [6.45, 7) is 8.13. The van der Waals surface area contributed by atoms with E-state index in [0.29, 0.717) is 18.0 Å². The van der Waals surface area contributed by atoms with Crippen LogP contribution in [0.25, 0.3) is 0 Å². The van der Waals surface area contributed by atoms with Crippen LogP contribution in [0.3, 0.4) is 0 Å². The minimum Gasteiger partial charge on any atom is -0.489 e. The van der Waals surface area contributed by atoms with Crippen LogP contribution >= 0.6 is 0 Å². The predicted octanol–water partition coefficient (Wildman–Crippen LogP) is 2.60. The van der Waals surface area contributed by atoms with E-state index in [9.17, 15) is 9.59 Å². The second-order valence-corrected chi connectivity index (χ2v) is 5.72. The molecule has 0 saturated carbocycles. The molecule has 0 spiro atoms. The highest BCUT2D eigenvalue weighted by molar-refractivity contribution is 6.39. The lowest BCUT2D eigenvalue weighted by Crippen LogP contribution is -2.35. The lowest BCUT2D eigenvalue weighted by atomic mass is 10.2. The number of aryl methyl sites for hydroxylation is 1. The Hall–Kier alpha value is -3.15. The first-order valence-electron chi connectivity index (χ1n) is 7.82. The van der Waals surface area contributed by atoms with E-state index in [0.717, 1.165) is 16.8 Å². The van der Waals surface area contributed by atoms with Crippen LogP contribution in [-0.2, 0) is 16.1 Å². The summed E-state index contributed by atoms with van der Waals surface area (Å²) < 4.78 is 5.51. The lowest BCUT2D eigenvalue weighted by molar-refractivity contribution is -0.136. The number of amides is 2. The Labute approximate surface area is 146 Å². The van der Waals surface area contributed by atoms with E-state index in [-0.39, 0.29) is 6.54 Å². The first kappa shape index (κ1) is 18.2. The van der Waals surface area contributed by atoms with Crippen LogP contribution in [0.4, 0.5) is 5.69 Å². The Kier molecular flexibility index (Phi) is 6.28. The number of aromatic nitrogens is 1. The van der Waals surface area contributed by atoms with Gasteiger partial charge in [-0.25, -0.2) is 0 Å². The Morgan fingerprint density at radius 1 is 1.20 bits per heavy atom. The van der Waals surface area contributed by atoms with Gasteiger partial charge in [-0.05, 0) is 43.2 Å². The van der Waals surface area contributed by atoms with E-state index in [2.05, 4.69) is 22.2 Å². The van der Waals surface area contributed by atoms with Gasteiger partial charge >= 0.3 is 11.8 Å². The highest BCUT2D eigenvalue weighted by Gasteiger charge is 2.13. The number of anilines is 1. The van der Waals surface area contributed by atoms with Crippen molar-refractivity contribution in [3.05, 3.63) is 66.0 Å². The third-order valence-electron chi connectivity index (χ3n) is 3.21. The topological polar surface area (TPSA) is 80.3 Å². The van der Waals surface area contributed by atoms with Crippen LogP contribution in [0.15, 0.2) is 54.7 Å². The number of pyridine rings is 1. The average molecular weight is 339 g/mol. The van der Waals surface area contributed by atoms with E-state index in [1.165, 1.54) is 0 Å². The number of nitrogens with one attached hydrogen (secondary N) is 2. The average Bonchev–Trinajstić information content (AvgIpc) is 2.59. The molecule has 1 heterocycles. The van der Waals surface area contributed by atoms with Crippen LogP contribution in [0.1, 0.15) is 18.2 Å². The van der Waals surface area contributed by atoms with Crippen molar-refractivity contribution in [2.24, 2.45) is 0 Å². The second-order valence-electron chi connectivity index (χ2n) is 5.72. The maximum atomic E-state index is 12.0. The number of hydrogen-bond donors (Lipinski definition) is 2. The van der Waals surface area contributed by atoms with Crippen molar-refractivity contribution >= 4 is 17.5 Å². The lowest BCUT2D eigenvalue weighted by Gasteiger charge is -2.09. The third-order valence-corrected chi connectivity index (χ3v) is 3.21. The molecule has 0 aliphatic heterocycles. The van der Waals surface area contributed by atoms with Crippen molar-refractivity contribution in [3.63, 3.8) is 0 Å². The normalized spacial score (nSPS) is 10.0. The minimum absolute atomic E-state index is 0.237. The Balaban J connectivity index is 1.87. The Morgan fingerprint density at radius 2 is 2.00 bits per heavy atom. The van der Waals surface area contributed by atoms with Crippen LogP contribution < -0.4 is 15.4 Å². The molecule has 2 aromatic rings. The number of benzene rings is 1. The zero-order valence-corrected chi connectivity index (χ0v) is 14.3. The van der Waals surface area contributed by atoms with E-state index < -0.39 is 11.8 Å². The van der Waals surface area contributed by atoms with Gasteiger partial charge in [0.25, 0.3) is 0 Å². The molecule has 0 radical (unpaired) electrons. The molecule has 6 heteroatoms. The smallest absolute Gasteiger partial charge is 0.313 e. The summed E-state index contributed by atoms with van der Waals surface area (Å²) in [5.41, 5.74) is 3.08. The van der Waals surface area contributed by atoms with Gasteiger partial charge in [0, 0.05) is 30.2 Å². The summed E-state index contributed by atoms with van der Waals surface area (Å²) in [6.07, 6.45) is 1.66. The van der Waals surface area contributed by atoms with Crippen molar-refractivity contribution in [3.8, 4) is 5.75 Å². The van der Waals surface area contributed by atoms with Crippen molar-refractivity contribution in [1.82, 2.24) is 10.3 Å². The largest absolute Gasteiger partial charge is 0.489 e. The molecule has 2 N–H and O–H groups in total. The molecule has 25 heavy (non-hydrogen) atoms. The van der Waals surface area contributed by atoms with Gasteiger partial charge in [0.15, 0.2) is 0 Å². The zero-order valence-electron chi connectivity index (χ0n) is 14.3. The summed E-state index contributed by atoms with van der Waals surface area (Å²) >= 11 is 0. The Bertz CT molecular complexity index is 770. The quantitative estimate of drug-likeness (QED) is 0.626. The van der Waals surface area contributed by atoms with E-state index in [4.69, 9.17) is 4.74 Å². The number of carbonyl (C=O) groups excluding carboxylic acids is 2. The van der Waals surface area contributed by atoms with Gasteiger partial charge in [0.1, 0.15) is 12.4 Å². The predicted molar refractivity (Wildman–Crippen MR) is 96.2 cm³/mol. The van der Waals surface area contributed by atoms with Gasteiger partial charge < -0.3 is 15.4 Å². The molecular formula is C19H21N3O3. The SMILES string of the molecule is C=C(C)COc1cccc(NC(=O)C(=O)NCc2ccc(C)nc2)c1. The van der Waals surface area contributed by atoms with Crippen LogP contribution in [0.2, 0.25) is 0 Å². The van der Waals surface area contributed by atoms with Gasteiger partial charge in [-0.1, -0.05) is 18.7 Å². The van der Waals surface area contributed by atoms with Gasteiger partial charge in [0.05, 0.1) is 0 Å². The van der Waals surface area contributed by atoms with E-state index in [1.807, 2.05) is 26.0 Å². The van der Waals surface area contributed by atoms with E-state index >= 15 is 0 Å². The molecule has 1 aromatic carbocycles. The molecular weight excluding hydrogens is 318 g/mol. The zero-order chi connectivity index (χ0) is 18.2. The van der Waals surface area contributed by atoms with Gasteiger partial charge in [0.2, 0.25) is 0 Å². The molecule has 6 nitrogen and oxygen atoms in total. The molecule has 0 fully saturated rings. The summed E-state index contributed by atoms with van der Waals surface area (Å²) in [7, 11) is 0. The van der Waals surface area contributed by atoms with Crippen molar-refractivity contribution in [2.45, 2.75) is 20.4 Å². The fourth-order valence-corrected chi connectivity index (χ4v) is 1.92. The fraction of sp³-hybridized carbons (Fsp3) is 0.211. The highest BCUT2D eigenvalue weighted by Crippen LogP contribution is 2.17. The molecule has 0 saturated heterocycles. The molecule has 0 aliphatic carbocycles. The van der Waals surface area contributed by atoms with Crippen molar-refractivity contribution in [2.75, 3.05) is 11.9 Å². The summed E-state index contributed by atoms with van der Waals surface area (Å²) in [4.78, 5) is 28.0. The molecule has 0 bridgehead atoms. The van der Waals surface area contributed by atoms with Gasteiger partial charge in [-0.15, -0.1) is 0 Å². The number of ether oxygens (including phenoxy) is 1. The number of rotatable bonds is 6. The van der Waals surface area contributed by atoms with Crippen LogP contribution in [0, 0.1) is 6.92 Å². The fourth-order valence-electron chi connectivity index (χ4n) is 1.92. The number of nitrogens with zero attached hydrogens (tertiary/aromatic N) is 1. The second kappa shape index (κ2) is 8.63. The van der Waals surface area contributed by atoms with Crippen LogP contribution in [-0.4, -0.2) is 23.4 Å². The van der Waals surface area contributed by atoms with Gasteiger partial charge in [-0.2, -0.15) is 0 Å². The first-order chi connectivity index (χ1) is 11.9. The monoisotopic (exact) mass is 339 g/mol. The molecule has 1 aromatic heterocycles. The maximum absolute atomic E-state index is 12.0. The standard InChI is InChI=1S/C19H21N3O3/c1-13(2)12-25-17-6-4-5-16(9-17)22-19(24)18(23)21-11-15-8-7-14(3)20-10-15/h4-10H,1,11-12H2,2-3H3,(H,21,23)(H,22,24). The molecule has 2 rings (SSSR count). The molecule has 0 atom stereocenters. The maximum Gasteiger partial charge on any atom is 0.313 e. The van der Waals surface area contributed by atoms with Crippen molar-refractivity contribution in [1.29, 1.82) is 0 Å². The minimum atomic E-state index is -0.739. The summed E-state index contributed by atoms with van der Waals surface area (Å²) in [5, 5.41) is 5.11. The number of carbonyl (C=O) groups is 2. The number of hydrogen-bond acceptors (Lipinski definition) is 4. The molecule has 0 aliphatic rings. The summed E-state index contributed by atoms with van der Waals surface area (Å²) in [6, 6.07) is 10.5. The molecule has 130 valence electrons. The first-order valence-corrected chi connectivity index (χ1v) is 7.82. The third kappa shape index (κ3) is 6.10. The van der Waals surface area contributed by atoms with Crippen molar-refractivity contribution < 1.29 is 14.3 Å². The molecule has 2 amide bonds.